The fraction of sp³-hybridized carbons (Fsp3) is 0.417. The van der Waals surface area contributed by atoms with Gasteiger partial charge >= 0.3 is 0 Å². The Morgan fingerprint density at radius 2 is 2.25 bits per heavy atom. The van der Waals surface area contributed by atoms with E-state index in [1.54, 1.807) is 6.07 Å². The molecule has 0 aliphatic carbocycles. The standard InChI is InChI=1S/C12H15ClFNO/c1-2-5-15-8-10(16)6-9-3-4-12(14)11(13)7-9/h3-4,7,15H,2,5-6,8H2,1H3. The summed E-state index contributed by atoms with van der Waals surface area (Å²) in [5, 5.41) is 3.09. The minimum atomic E-state index is -0.457. The fourth-order valence-electron chi connectivity index (χ4n) is 1.34. The highest BCUT2D eigenvalue weighted by Crippen LogP contribution is 2.16. The van der Waals surface area contributed by atoms with Gasteiger partial charge in [0, 0.05) is 6.42 Å². The molecule has 0 atom stereocenters. The molecule has 1 aromatic rings. The van der Waals surface area contributed by atoms with E-state index >= 15 is 0 Å². The lowest BCUT2D eigenvalue weighted by atomic mass is 10.1. The topological polar surface area (TPSA) is 29.1 Å². The molecule has 1 aromatic carbocycles. The molecule has 88 valence electrons. The van der Waals surface area contributed by atoms with Crippen LogP contribution in [-0.4, -0.2) is 18.9 Å². The molecule has 0 saturated carbocycles. The van der Waals surface area contributed by atoms with Gasteiger partial charge in [0.05, 0.1) is 11.6 Å². The first-order valence-electron chi connectivity index (χ1n) is 5.29. The Kier molecular flexibility index (Phi) is 5.43. The van der Waals surface area contributed by atoms with Crippen LogP contribution in [0.15, 0.2) is 18.2 Å². The number of benzene rings is 1. The number of ketones is 1. The predicted molar refractivity (Wildman–Crippen MR) is 63.3 cm³/mol. The maximum atomic E-state index is 12.9. The summed E-state index contributed by atoms with van der Waals surface area (Å²) >= 11 is 5.62. The van der Waals surface area contributed by atoms with Gasteiger partial charge in [-0.15, -0.1) is 0 Å². The van der Waals surface area contributed by atoms with Crippen LogP contribution in [0.1, 0.15) is 18.9 Å². The van der Waals surface area contributed by atoms with Crippen molar-refractivity contribution >= 4 is 17.4 Å². The van der Waals surface area contributed by atoms with Gasteiger partial charge in [-0.2, -0.15) is 0 Å². The third-order valence-electron chi connectivity index (χ3n) is 2.13. The van der Waals surface area contributed by atoms with Crippen LogP contribution in [0.2, 0.25) is 5.02 Å². The molecule has 0 amide bonds. The fourth-order valence-corrected chi connectivity index (χ4v) is 1.55. The third kappa shape index (κ3) is 4.29. The van der Waals surface area contributed by atoms with Crippen LogP contribution in [0.3, 0.4) is 0 Å². The van der Waals surface area contributed by atoms with Crippen molar-refractivity contribution in [3.05, 3.63) is 34.6 Å². The zero-order valence-corrected chi connectivity index (χ0v) is 9.98. The summed E-state index contributed by atoms with van der Waals surface area (Å²) in [6.07, 6.45) is 1.28. The first-order valence-corrected chi connectivity index (χ1v) is 5.67. The normalized spacial score (nSPS) is 10.4. The molecule has 0 unspecified atom stereocenters. The zero-order valence-electron chi connectivity index (χ0n) is 9.22. The Hall–Kier alpha value is -0.930. The number of halogens is 2. The molecule has 0 saturated heterocycles. The van der Waals surface area contributed by atoms with Crippen LogP contribution < -0.4 is 5.32 Å². The van der Waals surface area contributed by atoms with E-state index in [2.05, 4.69) is 5.32 Å². The summed E-state index contributed by atoms with van der Waals surface area (Å²) < 4.78 is 12.9. The Morgan fingerprint density at radius 3 is 2.88 bits per heavy atom. The number of Topliss-reactive ketones (excluding diaryl/α,β-unsaturated/α-hetero) is 1. The summed E-state index contributed by atoms with van der Waals surface area (Å²) in [5.74, 6) is -0.377. The number of carbonyl (C=O) groups excluding carboxylic acids is 1. The first-order chi connectivity index (χ1) is 7.63. The molecule has 4 heteroatoms. The van der Waals surface area contributed by atoms with E-state index in [-0.39, 0.29) is 17.2 Å². The van der Waals surface area contributed by atoms with Crippen molar-refractivity contribution in [2.45, 2.75) is 19.8 Å². The first kappa shape index (κ1) is 13.1. The highest BCUT2D eigenvalue weighted by molar-refractivity contribution is 6.30. The molecule has 1 N–H and O–H groups in total. The average molecular weight is 244 g/mol. The van der Waals surface area contributed by atoms with Crippen LogP contribution >= 0.6 is 11.6 Å². The van der Waals surface area contributed by atoms with Gasteiger partial charge in [-0.25, -0.2) is 4.39 Å². The second kappa shape index (κ2) is 6.61. The van der Waals surface area contributed by atoms with Crippen LogP contribution in [0.5, 0.6) is 0 Å². The maximum Gasteiger partial charge on any atom is 0.150 e. The largest absolute Gasteiger partial charge is 0.310 e. The van der Waals surface area contributed by atoms with Crippen molar-refractivity contribution in [3.63, 3.8) is 0 Å². The van der Waals surface area contributed by atoms with Crippen molar-refractivity contribution in [2.24, 2.45) is 0 Å². The van der Waals surface area contributed by atoms with Gasteiger partial charge in [0.25, 0.3) is 0 Å². The van der Waals surface area contributed by atoms with Crippen LogP contribution in [0.25, 0.3) is 0 Å². The van der Waals surface area contributed by atoms with Crippen molar-refractivity contribution in [1.29, 1.82) is 0 Å². The minimum absolute atomic E-state index is 0.0619. The Balaban J connectivity index is 2.46. The molecule has 0 aliphatic heterocycles. The van der Waals surface area contributed by atoms with Crippen molar-refractivity contribution in [3.8, 4) is 0 Å². The Bertz CT molecular complexity index is 368. The number of rotatable bonds is 6. The molecular formula is C12H15ClFNO. The van der Waals surface area contributed by atoms with Crippen LogP contribution in [0, 0.1) is 5.82 Å². The van der Waals surface area contributed by atoms with Gasteiger partial charge in [-0.05, 0) is 30.7 Å². The van der Waals surface area contributed by atoms with E-state index in [0.717, 1.165) is 18.5 Å². The van der Waals surface area contributed by atoms with E-state index < -0.39 is 5.82 Å². The van der Waals surface area contributed by atoms with Gasteiger partial charge in [-0.1, -0.05) is 24.6 Å². The van der Waals surface area contributed by atoms with E-state index in [1.165, 1.54) is 12.1 Å². The third-order valence-corrected chi connectivity index (χ3v) is 2.42. The minimum Gasteiger partial charge on any atom is -0.310 e. The summed E-state index contributed by atoms with van der Waals surface area (Å²) in [6, 6.07) is 4.36. The lowest BCUT2D eigenvalue weighted by Crippen LogP contribution is -2.24. The quantitative estimate of drug-likeness (QED) is 0.779. The van der Waals surface area contributed by atoms with Gasteiger partial charge < -0.3 is 5.32 Å². The molecule has 0 aromatic heterocycles. The van der Waals surface area contributed by atoms with E-state index in [0.29, 0.717) is 6.54 Å². The van der Waals surface area contributed by atoms with Gasteiger partial charge in [0.15, 0.2) is 5.78 Å². The van der Waals surface area contributed by atoms with E-state index in [9.17, 15) is 9.18 Å². The second-order valence-electron chi connectivity index (χ2n) is 3.64. The van der Waals surface area contributed by atoms with Gasteiger partial charge in [0.2, 0.25) is 0 Å². The van der Waals surface area contributed by atoms with Gasteiger partial charge in [-0.3, -0.25) is 4.79 Å². The molecular weight excluding hydrogens is 229 g/mol. The maximum absolute atomic E-state index is 12.9. The van der Waals surface area contributed by atoms with Crippen molar-refractivity contribution in [2.75, 3.05) is 13.1 Å². The van der Waals surface area contributed by atoms with E-state index in [4.69, 9.17) is 11.6 Å². The summed E-state index contributed by atoms with van der Waals surface area (Å²) in [6.45, 7) is 3.22. The number of carbonyl (C=O) groups is 1. The molecule has 16 heavy (non-hydrogen) atoms. The molecule has 0 heterocycles. The van der Waals surface area contributed by atoms with Gasteiger partial charge in [0.1, 0.15) is 5.82 Å². The SMILES string of the molecule is CCCNCC(=O)Cc1ccc(F)c(Cl)c1. The van der Waals surface area contributed by atoms with Crippen molar-refractivity contribution < 1.29 is 9.18 Å². The highest BCUT2D eigenvalue weighted by Gasteiger charge is 2.05. The summed E-state index contributed by atoms with van der Waals surface area (Å²) in [5.41, 5.74) is 0.745. The molecule has 0 radical (unpaired) electrons. The Labute approximate surface area is 99.8 Å². The van der Waals surface area contributed by atoms with Crippen molar-refractivity contribution in [1.82, 2.24) is 5.32 Å². The molecule has 0 fully saturated rings. The number of nitrogens with one attached hydrogen (secondary N) is 1. The number of hydrogen-bond acceptors (Lipinski definition) is 2. The molecule has 1 rings (SSSR count). The average Bonchev–Trinajstić information content (AvgIpc) is 2.24. The highest BCUT2D eigenvalue weighted by atomic mass is 35.5. The Morgan fingerprint density at radius 1 is 1.50 bits per heavy atom. The second-order valence-corrected chi connectivity index (χ2v) is 4.05. The lowest BCUT2D eigenvalue weighted by molar-refractivity contribution is -0.117. The molecule has 0 spiro atoms. The van der Waals surface area contributed by atoms with Crippen LogP contribution in [-0.2, 0) is 11.2 Å². The molecule has 0 aliphatic rings. The molecule has 0 bridgehead atoms. The number of hydrogen-bond donors (Lipinski definition) is 1. The smallest absolute Gasteiger partial charge is 0.150 e. The lowest BCUT2D eigenvalue weighted by Gasteiger charge is -2.03. The van der Waals surface area contributed by atoms with Crippen LogP contribution in [0.4, 0.5) is 4.39 Å². The van der Waals surface area contributed by atoms with E-state index in [1.807, 2.05) is 6.92 Å². The molecule has 2 nitrogen and oxygen atoms in total. The predicted octanol–water partition coefficient (Wildman–Crippen LogP) is 2.59. The summed E-state index contributed by atoms with van der Waals surface area (Å²) in [7, 11) is 0. The monoisotopic (exact) mass is 243 g/mol. The summed E-state index contributed by atoms with van der Waals surface area (Å²) in [4.78, 5) is 11.5. The zero-order chi connectivity index (χ0) is 12.0.